The SMILES string of the molecule is O=C(c1n[nH]c2ccccc12)N1CCC(n2cncn2)CC1. The van der Waals surface area contributed by atoms with E-state index in [0.717, 1.165) is 23.7 Å². The highest BCUT2D eigenvalue weighted by Crippen LogP contribution is 2.24. The van der Waals surface area contributed by atoms with Crippen LogP contribution < -0.4 is 0 Å². The number of hydrogen-bond acceptors (Lipinski definition) is 4. The number of carbonyl (C=O) groups excluding carboxylic acids is 1. The van der Waals surface area contributed by atoms with Gasteiger partial charge in [-0.15, -0.1) is 0 Å². The summed E-state index contributed by atoms with van der Waals surface area (Å²) in [6.07, 6.45) is 5.06. The van der Waals surface area contributed by atoms with Gasteiger partial charge in [-0.1, -0.05) is 18.2 Å². The molecule has 0 saturated carbocycles. The maximum absolute atomic E-state index is 12.7. The maximum Gasteiger partial charge on any atom is 0.274 e. The Morgan fingerprint density at radius 2 is 2.05 bits per heavy atom. The molecule has 1 amide bonds. The minimum atomic E-state index is -0.00510. The molecule has 1 aliphatic rings. The molecule has 7 heteroatoms. The Balaban J connectivity index is 1.50. The largest absolute Gasteiger partial charge is 0.337 e. The molecule has 0 atom stereocenters. The van der Waals surface area contributed by atoms with Crippen LogP contribution in [0.15, 0.2) is 36.9 Å². The topological polar surface area (TPSA) is 79.7 Å². The van der Waals surface area contributed by atoms with Crippen LogP contribution in [0.4, 0.5) is 0 Å². The lowest BCUT2D eigenvalue weighted by atomic mass is 10.0. The average Bonchev–Trinajstić information content (AvgIpc) is 3.24. The lowest BCUT2D eigenvalue weighted by Gasteiger charge is -2.31. The van der Waals surface area contributed by atoms with Crippen LogP contribution in [0.2, 0.25) is 0 Å². The number of hydrogen-bond donors (Lipinski definition) is 1. The Kier molecular flexibility index (Phi) is 3.10. The van der Waals surface area contributed by atoms with Crippen molar-refractivity contribution < 1.29 is 4.79 Å². The second-order valence-corrected chi connectivity index (χ2v) is 5.52. The number of amides is 1. The number of nitrogens with one attached hydrogen (secondary N) is 1. The molecule has 3 heterocycles. The lowest BCUT2D eigenvalue weighted by molar-refractivity contribution is 0.0686. The maximum atomic E-state index is 12.7. The number of rotatable bonds is 2. The Hall–Kier alpha value is -2.70. The van der Waals surface area contributed by atoms with Crippen molar-refractivity contribution in [2.24, 2.45) is 0 Å². The summed E-state index contributed by atoms with van der Waals surface area (Å²) in [5.74, 6) is -0.00510. The third-order valence-electron chi connectivity index (χ3n) is 4.24. The Morgan fingerprint density at radius 3 is 2.82 bits per heavy atom. The highest BCUT2D eigenvalue weighted by Gasteiger charge is 2.27. The zero-order valence-electron chi connectivity index (χ0n) is 12.0. The van der Waals surface area contributed by atoms with E-state index in [1.807, 2.05) is 33.8 Å². The van der Waals surface area contributed by atoms with Gasteiger partial charge in [-0.2, -0.15) is 10.2 Å². The van der Waals surface area contributed by atoms with Crippen molar-refractivity contribution in [3.05, 3.63) is 42.6 Å². The van der Waals surface area contributed by atoms with Gasteiger partial charge >= 0.3 is 0 Å². The molecule has 4 rings (SSSR count). The summed E-state index contributed by atoms with van der Waals surface area (Å²) in [5, 5.41) is 12.2. The number of para-hydroxylation sites is 1. The van der Waals surface area contributed by atoms with E-state index in [2.05, 4.69) is 20.3 Å². The molecule has 1 aromatic carbocycles. The fourth-order valence-corrected chi connectivity index (χ4v) is 3.02. The summed E-state index contributed by atoms with van der Waals surface area (Å²) in [5.41, 5.74) is 1.40. The molecular weight excluding hydrogens is 280 g/mol. The van der Waals surface area contributed by atoms with Crippen molar-refractivity contribution in [3.8, 4) is 0 Å². The van der Waals surface area contributed by atoms with Crippen molar-refractivity contribution in [3.63, 3.8) is 0 Å². The smallest absolute Gasteiger partial charge is 0.274 e. The van der Waals surface area contributed by atoms with Gasteiger partial charge in [-0.05, 0) is 18.9 Å². The third kappa shape index (κ3) is 2.14. The van der Waals surface area contributed by atoms with Crippen LogP contribution in [0.1, 0.15) is 29.4 Å². The van der Waals surface area contributed by atoms with Crippen molar-refractivity contribution in [2.75, 3.05) is 13.1 Å². The molecule has 3 aromatic rings. The van der Waals surface area contributed by atoms with Gasteiger partial charge in [0.05, 0.1) is 11.6 Å². The molecule has 1 N–H and O–H groups in total. The second kappa shape index (κ2) is 5.25. The van der Waals surface area contributed by atoms with Crippen LogP contribution in [0.25, 0.3) is 10.9 Å². The lowest BCUT2D eigenvalue weighted by Crippen LogP contribution is -2.39. The van der Waals surface area contributed by atoms with E-state index in [-0.39, 0.29) is 5.91 Å². The van der Waals surface area contributed by atoms with E-state index in [0.29, 0.717) is 24.8 Å². The quantitative estimate of drug-likeness (QED) is 0.779. The van der Waals surface area contributed by atoms with E-state index in [4.69, 9.17) is 0 Å². The summed E-state index contributed by atoms with van der Waals surface area (Å²) in [4.78, 5) is 18.5. The third-order valence-corrected chi connectivity index (χ3v) is 4.24. The van der Waals surface area contributed by atoms with Crippen LogP contribution in [-0.2, 0) is 0 Å². The molecule has 0 aliphatic carbocycles. The van der Waals surface area contributed by atoms with Gasteiger partial charge in [0.15, 0.2) is 5.69 Å². The van der Waals surface area contributed by atoms with Crippen LogP contribution >= 0.6 is 0 Å². The number of piperidine rings is 1. The fourth-order valence-electron chi connectivity index (χ4n) is 3.02. The van der Waals surface area contributed by atoms with E-state index in [1.165, 1.54) is 0 Å². The summed E-state index contributed by atoms with van der Waals surface area (Å²) in [7, 11) is 0. The molecule has 1 aliphatic heterocycles. The molecule has 22 heavy (non-hydrogen) atoms. The first-order valence-electron chi connectivity index (χ1n) is 7.39. The number of H-pyrrole nitrogens is 1. The molecule has 112 valence electrons. The predicted octanol–water partition coefficient (Wildman–Crippen LogP) is 1.63. The standard InChI is InChI=1S/C15H16N6O/c22-15(14-12-3-1-2-4-13(12)18-19-14)20-7-5-11(6-8-20)21-10-16-9-17-21/h1-4,9-11H,5-8H2,(H,18,19). The van der Waals surface area contributed by atoms with Gasteiger partial charge in [-0.3, -0.25) is 9.89 Å². The Morgan fingerprint density at radius 1 is 1.23 bits per heavy atom. The predicted molar refractivity (Wildman–Crippen MR) is 80.3 cm³/mol. The molecule has 0 spiro atoms. The first kappa shape index (κ1) is 13.0. The summed E-state index contributed by atoms with van der Waals surface area (Å²) in [6.45, 7) is 1.43. The minimum absolute atomic E-state index is 0.00510. The molecule has 0 bridgehead atoms. The van der Waals surface area contributed by atoms with Gasteiger partial charge in [0.25, 0.3) is 5.91 Å². The van der Waals surface area contributed by atoms with Crippen molar-refractivity contribution >= 4 is 16.8 Å². The van der Waals surface area contributed by atoms with E-state index in [1.54, 1.807) is 12.7 Å². The second-order valence-electron chi connectivity index (χ2n) is 5.52. The van der Waals surface area contributed by atoms with E-state index >= 15 is 0 Å². The van der Waals surface area contributed by atoms with Gasteiger partial charge < -0.3 is 4.90 Å². The number of carbonyl (C=O) groups is 1. The number of aromatic amines is 1. The molecule has 2 aromatic heterocycles. The van der Waals surface area contributed by atoms with Crippen LogP contribution in [0, 0.1) is 0 Å². The van der Waals surface area contributed by atoms with Gasteiger partial charge in [0.1, 0.15) is 12.7 Å². The molecule has 0 unspecified atom stereocenters. The molecule has 1 fully saturated rings. The number of benzene rings is 1. The van der Waals surface area contributed by atoms with Crippen LogP contribution in [0.3, 0.4) is 0 Å². The zero-order valence-corrected chi connectivity index (χ0v) is 12.0. The van der Waals surface area contributed by atoms with Gasteiger partial charge in [0.2, 0.25) is 0 Å². The Bertz CT molecular complexity index is 785. The highest BCUT2D eigenvalue weighted by atomic mass is 16.2. The van der Waals surface area contributed by atoms with E-state index < -0.39 is 0 Å². The number of fused-ring (bicyclic) bond motifs is 1. The van der Waals surface area contributed by atoms with Crippen molar-refractivity contribution in [1.29, 1.82) is 0 Å². The monoisotopic (exact) mass is 296 g/mol. The number of nitrogens with zero attached hydrogens (tertiary/aromatic N) is 5. The number of aromatic nitrogens is 5. The molecule has 0 radical (unpaired) electrons. The molecule has 1 saturated heterocycles. The molecular formula is C15H16N6O. The fraction of sp³-hybridized carbons (Fsp3) is 0.333. The van der Waals surface area contributed by atoms with Gasteiger partial charge in [-0.25, -0.2) is 9.67 Å². The van der Waals surface area contributed by atoms with Crippen LogP contribution in [0.5, 0.6) is 0 Å². The van der Waals surface area contributed by atoms with Gasteiger partial charge in [0, 0.05) is 18.5 Å². The summed E-state index contributed by atoms with van der Waals surface area (Å²) in [6, 6.07) is 8.02. The number of likely N-dealkylation sites (tertiary alicyclic amines) is 1. The highest BCUT2D eigenvalue weighted by molar-refractivity contribution is 6.04. The zero-order chi connectivity index (χ0) is 14.9. The normalized spacial score (nSPS) is 16.3. The van der Waals surface area contributed by atoms with Crippen molar-refractivity contribution in [1.82, 2.24) is 29.9 Å². The summed E-state index contributed by atoms with van der Waals surface area (Å²) < 4.78 is 1.88. The van der Waals surface area contributed by atoms with Crippen LogP contribution in [-0.4, -0.2) is 48.9 Å². The first-order valence-corrected chi connectivity index (χ1v) is 7.39. The Labute approximate surface area is 126 Å². The molecule has 7 nitrogen and oxygen atoms in total. The average molecular weight is 296 g/mol. The first-order chi connectivity index (χ1) is 10.8. The minimum Gasteiger partial charge on any atom is -0.337 e. The summed E-state index contributed by atoms with van der Waals surface area (Å²) >= 11 is 0. The van der Waals surface area contributed by atoms with Crippen molar-refractivity contribution in [2.45, 2.75) is 18.9 Å². The van der Waals surface area contributed by atoms with E-state index in [9.17, 15) is 4.79 Å².